The fourth-order valence-corrected chi connectivity index (χ4v) is 2.43. The molecule has 1 N–H and O–H groups in total. The number of aromatic nitrogens is 2. The standard InChI is InChI=1S/C14H22N4O/c1-9(2)15-14(19)11-8-10(3)16-13(17-11)12-6-5-7-18(12)4/h8-9,12H,5-7H2,1-4H3,(H,15,19). The Bertz CT molecular complexity index is 473. The highest BCUT2D eigenvalue weighted by atomic mass is 16.1. The molecular formula is C14H22N4O. The third-order valence-electron chi connectivity index (χ3n) is 3.34. The van der Waals surface area contributed by atoms with Crippen molar-refractivity contribution in [1.29, 1.82) is 0 Å². The predicted molar refractivity (Wildman–Crippen MR) is 74.0 cm³/mol. The Kier molecular flexibility index (Phi) is 4.14. The van der Waals surface area contributed by atoms with Crippen LogP contribution in [-0.2, 0) is 0 Å². The molecule has 19 heavy (non-hydrogen) atoms. The van der Waals surface area contributed by atoms with Gasteiger partial charge in [-0.1, -0.05) is 0 Å². The lowest BCUT2D eigenvalue weighted by Gasteiger charge is -2.19. The summed E-state index contributed by atoms with van der Waals surface area (Å²) < 4.78 is 0. The van der Waals surface area contributed by atoms with Gasteiger partial charge in [0.25, 0.3) is 5.91 Å². The Hall–Kier alpha value is -1.49. The number of likely N-dealkylation sites (tertiary alicyclic amines) is 1. The van der Waals surface area contributed by atoms with E-state index in [-0.39, 0.29) is 18.0 Å². The molecule has 1 unspecified atom stereocenters. The highest BCUT2D eigenvalue weighted by Gasteiger charge is 2.26. The number of hydrogen-bond acceptors (Lipinski definition) is 4. The number of rotatable bonds is 3. The summed E-state index contributed by atoms with van der Waals surface area (Å²) in [5.41, 5.74) is 1.32. The minimum atomic E-state index is -0.123. The van der Waals surface area contributed by atoms with Gasteiger partial charge in [-0.3, -0.25) is 9.69 Å². The number of aryl methyl sites for hydroxylation is 1. The van der Waals surface area contributed by atoms with Gasteiger partial charge in [-0.25, -0.2) is 9.97 Å². The Morgan fingerprint density at radius 1 is 1.47 bits per heavy atom. The Labute approximate surface area is 114 Å². The van der Waals surface area contributed by atoms with Crippen LogP contribution in [0.5, 0.6) is 0 Å². The van der Waals surface area contributed by atoms with Crippen molar-refractivity contribution in [3.63, 3.8) is 0 Å². The molecule has 1 aromatic heterocycles. The molecule has 2 heterocycles. The van der Waals surface area contributed by atoms with Crippen LogP contribution >= 0.6 is 0 Å². The Morgan fingerprint density at radius 2 is 2.21 bits per heavy atom. The number of amides is 1. The van der Waals surface area contributed by atoms with E-state index in [9.17, 15) is 4.79 Å². The largest absolute Gasteiger partial charge is 0.349 e. The van der Waals surface area contributed by atoms with Crippen LogP contribution in [0, 0.1) is 6.92 Å². The van der Waals surface area contributed by atoms with E-state index in [4.69, 9.17) is 0 Å². The number of nitrogens with one attached hydrogen (secondary N) is 1. The summed E-state index contributed by atoms with van der Waals surface area (Å²) in [5, 5.41) is 2.87. The van der Waals surface area contributed by atoms with E-state index in [1.165, 1.54) is 0 Å². The SMILES string of the molecule is Cc1cc(C(=O)NC(C)C)nc(C2CCCN2C)n1. The molecule has 0 radical (unpaired) electrons. The molecule has 1 atom stereocenters. The average molecular weight is 262 g/mol. The second kappa shape index (κ2) is 5.65. The lowest BCUT2D eigenvalue weighted by Crippen LogP contribution is -2.31. The van der Waals surface area contributed by atoms with Crippen molar-refractivity contribution < 1.29 is 4.79 Å². The van der Waals surface area contributed by atoms with Crippen molar-refractivity contribution in [3.8, 4) is 0 Å². The molecule has 1 fully saturated rings. The van der Waals surface area contributed by atoms with E-state index in [1.54, 1.807) is 6.07 Å². The van der Waals surface area contributed by atoms with Gasteiger partial charge in [0.15, 0.2) is 0 Å². The molecule has 5 nitrogen and oxygen atoms in total. The van der Waals surface area contributed by atoms with Crippen LogP contribution in [0.15, 0.2) is 6.07 Å². The molecule has 0 aliphatic carbocycles. The van der Waals surface area contributed by atoms with E-state index >= 15 is 0 Å². The zero-order valence-corrected chi connectivity index (χ0v) is 12.1. The highest BCUT2D eigenvalue weighted by molar-refractivity contribution is 5.92. The van der Waals surface area contributed by atoms with Crippen LogP contribution < -0.4 is 5.32 Å². The molecule has 1 aromatic rings. The van der Waals surface area contributed by atoms with Crippen molar-refractivity contribution in [2.45, 2.75) is 45.7 Å². The number of nitrogens with zero attached hydrogens (tertiary/aromatic N) is 3. The first-order valence-electron chi connectivity index (χ1n) is 6.84. The minimum absolute atomic E-state index is 0.111. The van der Waals surface area contributed by atoms with E-state index in [0.29, 0.717) is 5.69 Å². The first kappa shape index (κ1) is 13.9. The van der Waals surface area contributed by atoms with Gasteiger partial charge in [0.05, 0.1) is 6.04 Å². The third-order valence-corrected chi connectivity index (χ3v) is 3.34. The number of hydrogen-bond donors (Lipinski definition) is 1. The normalized spacial score (nSPS) is 19.9. The van der Waals surface area contributed by atoms with E-state index in [2.05, 4.69) is 27.2 Å². The van der Waals surface area contributed by atoms with Gasteiger partial charge >= 0.3 is 0 Å². The van der Waals surface area contributed by atoms with Crippen LogP contribution in [-0.4, -0.2) is 40.4 Å². The Balaban J connectivity index is 2.26. The quantitative estimate of drug-likeness (QED) is 0.900. The van der Waals surface area contributed by atoms with Gasteiger partial charge in [-0.2, -0.15) is 0 Å². The third kappa shape index (κ3) is 3.29. The summed E-state index contributed by atoms with van der Waals surface area (Å²) >= 11 is 0. The molecule has 0 bridgehead atoms. The van der Waals surface area contributed by atoms with Gasteiger partial charge in [-0.05, 0) is 53.3 Å². The zero-order valence-electron chi connectivity index (χ0n) is 12.1. The number of carbonyl (C=O) groups is 1. The van der Waals surface area contributed by atoms with Crippen molar-refractivity contribution in [3.05, 3.63) is 23.3 Å². The van der Waals surface area contributed by atoms with E-state index in [1.807, 2.05) is 20.8 Å². The van der Waals surface area contributed by atoms with Gasteiger partial charge in [0.1, 0.15) is 11.5 Å². The maximum atomic E-state index is 12.0. The van der Waals surface area contributed by atoms with Gasteiger partial charge < -0.3 is 5.32 Å². The van der Waals surface area contributed by atoms with E-state index in [0.717, 1.165) is 30.9 Å². The predicted octanol–water partition coefficient (Wildman–Crippen LogP) is 1.69. The minimum Gasteiger partial charge on any atom is -0.349 e. The molecule has 0 aromatic carbocycles. The lowest BCUT2D eigenvalue weighted by atomic mass is 10.2. The van der Waals surface area contributed by atoms with Crippen molar-refractivity contribution in [2.24, 2.45) is 0 Å². The first-order chi connectivity index (χ1) is 8.97. The molecule has 104 valence electrons. The highest BCUT2D eigenvalue weighted by Crippen LogP contribution is 2.28. The molecule has 1 aliphatic heterocycles. The van der Waals surface area contributed by atoms with Crippen LogP contribution in [0.1, 0.15) is 54.7 Å². The second-order valence-electron chi connectivity index (χ2n) is 5.52. The Morgan fingerprint density at radius 3 is 2.79 bits per heavy atom. The molecule has 2 rings (SSSR count). The zero-order chi connectivity index (χ0) is 14.0. The molecule has 1 amide bonds. The molecule has 0 spiro atoms. The van der Waals surface area contributed by atoms with Gasteiger partial charge in [0.2, 0.25) is 0 Å². The lowest BCUT2D eigenvalue weighted by molar-refractivity contribution is 0.0937. The molecule has 1 aliphatic rings. The molecule has 5 heteroatoms. The van der Waals surface area contributed by atoms with Crippen molar-refractivity contribution in [2.75, 3.05) is 13.6 Å². The van der Waals surface area contributed by atoms with Crippen molar-refractivity contribution >= 4 is 5.91 Å². The maximum absolute atomic E-state index is 12.0. The summed E-state index contributed by atoms with van der Waals surface area (Å²) in [6.45, 7) is 6.86. The molecule has 1 saturated heterocycles. The van der Waals surface area contributed by atoms with Crippen LogP contribution in [0.2, 0.25) is 0 Å². The summed E-state index contributed by atoms with van der Waals surface area (Å²) in [6, 6.07) is 2.10. The summed E-state index contributed by atoms with van der Waals surface area (Å²) in [5.74, 6) is 0.649. The van der Waals surface area contributed by atoms with Crippen LogP contribution in [0.4, 0.5) is 0 Å². The average Bonchev–Trinajstić information content (AvgIpc) is 2.73. The monoisotopic (exact) mass is 262 g/mol. The smallest absolute Gasteiger partial charge is 0.270 e. The van der Waals surface area contributed by atoms with Gasteiger partial charge in [-0.15, -0.1) is 0 Å². The number of carbonyl (C=O) groups excluding carboxylic acids is 1. The maximum Gasteiger partial charge on any atom is 0.270 e. The topological polar surface area (TPSA) is 58.1 Å². The first-order valence-corrected chi connectivity index (χ1v) is 6.84. The fourth-order valence-electron chi connectivity index (χ4n) is 2.43. The van der Waals surface area contributed by atoms with Crippen LogP contribution in [0.3, 0.4) is 0 Å². The summed E-state index contributed by atoms with van der Waals surface area (Å²) in [6.07, 6.45) is 2.22. The summed E-state index contributed by atoms with van der Waals surface area (Å²) in [4.78, 5) is 23.2. The molecule has 0 saturated carbocycles. The fraction of sp³-hybridized carbons (Fsp3) is 0.643. The van der Waals surface area contributed by atoms with Crippen molar-refractivity contribution in [1.82, 2.24) is 20.2 Å². The van der Waals surface area contributed by atoms with E-state index < -0.39 is 0 Å². The second-order valence-corrected chi connectivity index (χ2v) is 5.52. The molecular weight excluding hydrogens is 240 g/mol. The summed E-state index contributed by atoms with van der Waals surface area (Å²) in [7, 11) is 2.08. The van der Waals surface area contributed by atoms with Gasteiger partial charge in [0, 0.05) is 11.7 Å². The van der Waals surface area contributed by atoms with Crippen LogP contribution in [0.25, 0.3) is 0 Å².